The molecule has 32 heavy (non-hydrogen) atoms. The summed E-state index contributed by atoms with van der Waals surface area (Å²) in [4.78, 5) is 38.9. The van der Waals surface area contributed by atoms with Gasteiger partial charge in [0.1, 0.15) is 0 Å². The summed E-state index contributed by atoms with van der Waals surface area (Å²) in [6.45, 7) is 0.828. The van der Waals surface area contributed by atoms with E-state index in [0.29, 0.717) is 12.1 Å². The van der Waals surface area contributed by atoms with Crippen molar-refractivity contribution in [3.63, 3.8) is 0 Å². The third-order valence-electron chi connectivity index (χ3n) is 6.10. The lowest BCUT2D eigenvalue weighted by Crippen LogP contribution is -2.60. The Morgan fingerprint density at radius 2 is 1.75 bits per heavy atom. The SMILES string of the molecule is O=C(NCCSCc1ccccc1)c1ccc(CN2C(=O)NC3CCCCC3C2=O)cc1. The predicted octanol–water partition coefficient (Wildman–Crippen LogP) is 3.96. The van der Waals surface area contributed by atoms with Crippen molar-refractivity contribution in [3.8, 4) is 0 Å². The average molecular weight is 452 g/mol. The van der Waals surface area contributed by atoms with Crippen LogP contribution in [0.4, 0.5) is 4.79 Å². The summed E-state index contributed by atoms with van der Waals surface area (Å²) in [5.74, 6) is 1.47. The number of hydrogen-bond donors (Lipinski definition) is 2. The zero-order valence-electron chi connectivity index (χ0n) is 18.1. The van der Waals surface area contributed by atoms with E-state index < -0.39 is 0 Å². The summed E-state index contributed by atoms with van der Waals surface area (Å²) in [7, 11) is 0. The molecule has 2 fully saturated rings. The van der Waals surface area contributed by atoms with E-state index in [4.69, 9.17) is 0 Å². The summed E-state index contributed by atoms with van der Waals surface area (Å²) < 4.78 is 0. The lowest BCUT2D eigenvalue weighted by Gasteiger charge is -2.40. The largest absolute Gasteiger partial charge is 0.351 e. The number of thioether (sulfide) groups is 1. The molecule has 4 amide bonds. The van der Waals surface area contributed by atoms with Gasteiger partial charge in [0.25, 0.3) is 5.91 Å². The van der Waals surface area contributed by atoms with E-state index in [9.17, 15) is 14.4 Å². The van der Waals surface area contributed by atoms with Crippen LogP contribution in [0.2, 0.25) is 0 Å². The molecule has 1 saturated carbocycles. The Kier molecular flexibility index (Phi) is 7.47. The van der Waals surface area contributed by atoms with Gasteiger partial charge in [0.05, 0.1) is 12.5 Å². The van der Waals surface area contributed by atoms with Crippen molar-refractivity contribution in [2.45, 2.75) is 44.0 Å². The van der Waals surface area contributed by atoms with Gasteiger partial charge in [-0.3, -0.25) is 14.5 Å². The lowest BCUT2D eigenvalue weighted by molar-refractivity contribution is -0.137. The molecule has 1 heterocycles. The summed E-state index contributed by atoms with van der Waals surface area (Å²) in [5.41, 5.74) is 2.68. The minimum Gasteiger partial charge on any atom is -0.351 e. The number of amides is 4. The standard InChI is InChI=1S/C25H29N3O3S/c29-23(26-14-15-32-17-19-6-2-1-3-7-19)20-12-10-18(11-13-20)16-28-24(30)21-8-4-5-9-22(21)27-25(28)31/h1-3,6-7,10-13,21-22H,4-5,8-9,14-17H2,(H,26,29)(H,27,31). The molecule has 1 aliphatic carbocycles. The van der Waals surface area contributed by atoms with Gasteiger partial charge in [-0.05, 0) is 36.1 Å². The number of nitrogens with zero attached hydrogens (tertiary/aromatic N) is 1. The van der Waals surface area contributed by atoms with Crippen LogP contribution in [0.5, 0.6) is 0 Å². The molecular formula is C25H29N3O3S. The van der Waals surface area contributed by atoms with E-state index in [-0.39, 0.29) is 36.3 Å². The Morgan fingerprint density at radius 3 is 2.53 bits per heavy atom. The first-order chi connectivity index (χ1) is 15.6. The van der Waals surface area contributed by atoms with Crippen LogP contribution >= 0.6 is 11.8 Å². The molecule has 1 saturated heterocycles. The summed E-state index contributed by atoms with van der Waals surface area (Å²) in [6, 6.07) is 17.1. The van der Waals surface area contributed by atoms with Crippen LogP contribution < -0.4 is 10.6 Å². The number of carbonyl (C=O) groups excluding carboxylic acids is 3. The van der Waals surface area contributed by atoms with Crippen LogP contribution in [0.1, 0.15) is 47.2 Å². The number of nitrogens with one attached hydrogen (secondary N) is 2. The highest BCUT2D eigenvalue weighted by atomic mass is 32.2. The molecule has 0 aromatic heterocycles. The third kappa shape index (κ3) is 5.51. The van der Waals surface area contributed by atoms with Gasteiger partial charge in [0, 0.05) is 29.7 Å². The number of benzene rings is 2. The molecule has 2 aliphatic rings. The van der Waals surface area contributed by atoms with Gasteiger partial charge < -0.3 is 10.6 Å². The van der Waals surface area contributed by atoms with Gasteiger partial charge in [0.2, 0.25) is 5.91 Å². The van der Waals surface area contributed by atoms with Crippen molar-refractivity contribution in [1.29, 1.82) is 0 Å². The van der Waals surface area contributed by atoms with Crippen molar-refractivity contribution >= 4 is 29.6 Å². The first kappa shape index (κ1) is 22.4. The molecule has 0 radical (unpaired) electrons. The van der Waals surface area contributed by atoms with E-state index in [1.807, 2.05) is 30.3 Å². The molecule has 2 N–H and O–H groups in total. The van der Waals surface area contributed by atoms with E-state index in [1.165, 1.54) is 10.5 Å². The topological polar surface area (TPSA) is 78.5 Å². The maximum Gasteiger partial charge on any atom is 0.324 e. The summed E-state index contributed by atoms with van der Waals surface area (Å²) in [6.07, 6.45) is 3.81. The monoisotopic (exact) mass is 451 g/mol. The number of rotatable bonds is 8. The highest BCUT2D eigenvalue weighted by molar-refractivity contribution is 7.98. The first-order valence-electron chi connectivity index (χ1n) is 11.2. The lowest BCUT2D eigenvalue weighted by atomic mass is 9.82. The second kappa shape index (κ2) is 10.7. The third-order valence-corrected chi connectivity index (χ3v) is 7.13. The number of fused-ring (bicyclic) bond motifs is 1. The Balaban J connectivity index is 1.24. The number of carbonyl (C=O) groups is 3. The van der Waals surface area contributed by atoms with Gasteiger partial charge in [0.15, 0.2) is 0 Å². The fraction of sp³-hybridized carbons (Fsp3) is 0.400. The highest BCUT2D eigenvalue weighted by Crippen LogP contribution is 2.30. The smallest absolute Gasteiger partial charge is 0.324 e. The Labute approximate surface area is 193 Å². The second-order valence-electron chi connectivity index (χ2n) is 8.36. The van der Waals surface area contributed by atoms with Gasteiger partial charge in [-0.25, -0.2) is 4.79 Å². The molecule has 2 unspecified atom stereocenters. The van der Waals surface area contributed by atoms with Crippen molar-refractivity contribution in [2.75, 3.05) is 12.3 Å². The Morgan fingerprint density at radius 1 is 1.00 bits per heavy atom. The zero-order valence-corrected chi connectivity index (χ0v) is 18.9. The summed E-state index contributed by atoms with van der Waals surface area (Å²) in [5, 5.41) is 5.94. The molecular weight excluding hydrogens is 422 g/mol. The fourth-order valence-corrected chi connectivity index (χ4v) is 5.15. The number of hydrogen-bond acceptors (Lipinski definition) is 4. The van der Waals surface area contributed by atoms with Crippen molar-refractivity contribution in [1.82, 2.24) is 15.5 Å². The van der Waals surface area contributed by atoms with Gasteiger partial charge in [-0.1, -0.05) is 55.3 Å². The quantitative estimate of drug-likeness (QED) is 0.596. The molecule has 2 atom stereocenters. The van der Waals surface area contributed by atoms with Gasteiger partial charge >= 0.3 is 6.03 Å². The summed E-state index contributed by atoms with van der Waals surface area (Å²) >= 11 is 1.78. The first-order valence-corrected chi connectivity index (χ1v) is 12.4. The van der Waals surface area contributed by atoms with Crippen LogP contribution in [-0.4, -0.2) is 41.1 Å². The number of imide groups is 1. The molecule has 2 aromatic carbocycles. The van der Waals surface area contributed by atoms with Crippen LogP contribution in [0.3, 0.4) is 0 Å². The molecule has 168 valence electrons. The highest BCUT2D eigenvalue weighted by Gasteiger charge is 2.41. The molecule has 1 aliphatic heterocycles. The van der Waals surface area contributed by atoms with Gasteiger partial charge in [-0.15, -0.1) is 0 Å². The molecule has 2 aromatic rings. The predicted molar refractivity (Wildman–Crippen MR) is 126 cm³/mol. The van der Waals surface area contributed by atoms with Crippen molar-refractivity contribution < 1.29 is 14.4 Å². The number of urea groups is 1. The Hall–Kier alpha value is -2.80. The van der Waals surface area contributed by atoms with Crippen molar-refractivity contribution in [3.05, 3.63) is 71.3 Å². The molecule has 4 rings (SSSR count). The van der Waals surface area contributed by atoms with Crippen LogP contribution in [0.15, 0.2) is 54.6 Å². The van der Waals surface area contributed by atoms with Crippen LogP contribution in [-0.2, 0) is 17.1 Å². The maximum atomic E-state index is 12.8. The molecule has 6 nitrogen and oxygen atoms in total. The van der Waals surface area contributed by atoms with E-state index in [2.05, 4.69) is 22.8 Å². The van der Waals surface area contributed by atoms with E-state index in [1.54, 1.807) is 23.9 Å². The molecule has 0 spiro atoms. The van der Waals surface area contributed by atoms with Crippen LogP contribution in [0.25, 0.3) is 0 Å². The van der Waals surface area contributed by atoms with E-state index in [0.717, 1.165) is 42.8 Å². The van der Waals surface area contributed by atoms with Gasteiger partial charge in [-0.2, -0.15) is 11.8 Å². The minimum absolute atomic E-state index is 0.0167. The molecule has 7 heteroatoms. The van der Waals surface area contributed by atoms with E-state index >= 15 is 0 Å². The average Bonchev–Trinajstić information content (AvgIpc) is 2.82. The fourth-order valence-electron chi connectivity index (χ4n) is 4.33. The van der Waals surface area contributed by atoms with Crippen molar-refractivity contribution in [2.24, 2.45) is 5.92 Å². The minimum atomic E-state index is -0.312. The molecule has 0 bridgehead atoms. The normalized spacial score (nSPS) is 20.4. The Bertz CT molecular complexity index is 949. The maximum absolute atomic E-state index is 12.8. The zero-order chi connectivity index (χ0) is 22.3. The van der Waals surface area contributed by atoms with Crippen LogP contribution in [0, 0.1) is 5.92 Å². The second-order valence-corrected chi connectivity index (χ2v) is 9.47.